The number of benzene rings is 1. The summed E-state index contributed by atoms with van der Waals surface area (Å²) in [5.41, 5.74) is 2.88. The third-order valence-electron chi connectivity index (χ3n) is 2.93. The number of hydrogen-bond acceptors (Lipinski definition) is 2. The number of halogens is 1. The molecule has 1 aromatic carbocycles. The Bertz CT molecular complexity index is 599. The molecular weight excluding hydrogens is 232 g/mol. The van der Waals surface area contributed by atoms with Crippen molar-refractivity contribution in [1.29, 1.82) is 5.26 Å². The van der Waals surface area contributed by atoms with Crippen LogP contribution in [0.2, 0.25) is 5.15 Å². The van der Waals surface area contributed by atoms with Crippen molar-refractivity contribution in [2.45, 2.75) is 26.2 Å². The molecule has 0 amide bonds. The molecule has 0 aliphatic heterocycles. The Kier molecular flexibility index (Phi) is 3.31. The van der Waals surface area contributed by atoms with E-state index in [9.17, 15) is 0 Å². The van der Waals surface area contributed by atoms with Crippen LogP contribution in [-0.4, -0.2) is 4.98 Å². The van der Waals surface area contributed by atoms with Crippen LogP contribution < -0.4 is 0 Å². The Labute approximate surface area is 106 Å². The molecule has 2 nitrogen and oxygen atoms in total. The van der Waals surface area contributed by atoms with Gasteiger partial charge in [-0.05, 0) is 42.7 Å². The molecule has 17 heavy (non-hydrogen) atoms. The molecular formula is C14H13ClN2. The maximum atomic E-state index is 9.06. The lowest BCUT2D eigenvalue weighted by atomic mass is 9.96. The van der Waals surface area contributed by atoms with Gasteiger partial charge in [0.25, 0.3) is 0 Å². The average Bonchev–Trinajstić information content (AvgIpc) is 2.32. The van der Waals surface area contributed by atoms with Crippen LogP contribution in [-0.2, 0) is 0 Å². The van der Waals surface area contributed by atoms with Crippen molar-refractivity contribution in [3.8, 4) is 6.07 Å². The van der Waals surface area contributed by atoms with Gasteiger partial charge in [-0.15, -0.1) is 0 Å². The third-order valence-corrected chi connectivity index (χ3v) is 3.32. The van der Waals surface area contributed by atoms with E-state index in [2.05, 4.69) is 11.1 Å². The van der Waals surface area contributed by atoms with E-state index in [0.717, 1.165) is 28.5 Å². The van der Waals surface area contributed by atoms with Crippen LogP contribution >= 0.6 is 11.6 Å². The molecule has 1 unspecified atom stereocenters. The van der Waals surface area contributed by atoms with Gasteiger partial charge in [0.1, 0.15) is 5.15 Å². The summed E-state index contributed by atoms with van der Waals surface area (Å²) in [6, 6.07) is 10.2. The van der Waals surface area contributed by atoms with Crippen molar-refractivity contribution in [1.82, 2.24) is 4.98 Å². The summed E-state index contributed by atoms with van der Waals surface area (Å²) in [6.07, 6.45) is 0.821. The fourth-order valence-corrected chi connectivity index (χ4v) is 2.04. The van der Waals surface area contributed by atoms with Gasteiger partial charge in [-0.25, -0.2) is 4.98 Å². The highest BCUT2D eigenvalue weighted by atomic mass is 35.5. The predicted octanol–water partition coefficient (Wildman–Crippen LogP) is 4.21. The molecule has 2 aromatic rings. The van der Waals surface area contributed by atoms with Crippen LogP contribution in [0.5, 0.6) is 0 Å². The van der Waals surface area contributed by atoms with E-state index in [0.29, 0.717) is 5.15 Å². The summed E-state index contributed by atoms with van der Waals surface area (Å²) in [6.45, 7) is 3.95. The molecule has 0 aliphatic carbocycles. The third kappa shape index (κ3) is 2.25. The lowest BCUT2D eigenvalue weighted by molar-refractivity contribution is 0.819. The van der Waals surface area contributed by atoms with E-state index in [1.165, 1.54) is 0 Å². The Hall–Kier alpha value is -1.59. The number of hydrogen-bond donors (Lipinski definition) is 0. The Balaban J connectivity index is 2.58. The smallest absolute Gasteiger partial charge is 0.132 e. The molecule has 0 saturated heterocycles. The van der Waals surface area contributed by atoms with Crippen molar-refractivity contribution >= 4 is 22.5 Å². The van der Waals surface area contributed by atoms with Gasteiger partial charge in [0.05, 0.1) is 17.5 Å². The molecule has 0 spiro atoms. The van der Waals surface area contributed by atoms with Crippen molar-refractivity contribution in [3.05, 3.63) is 40.5 Å². The van der Waals surface area contributed by atoms with Crippen LogP contribution in [0.25, 0.3) is 10.9 Å². The van der Waals surface area contributed by atoms with E-state index in [1.54, 1.807) is 0 Å². The minimum absolute atomic E-state index is 0.0459. The molecule has 3 heteroatoms. The molecule has 1 aromatic heterocycles. The van der Waals surface area contributed by atoms with Gasteiger partial charge in [0.2, 0.25) is 0 Å². The summed E-state index contributed by atoms with van der Waals surface area (Å²) in [5.74, 6) is -0.0459. The van der Waals surface area contributed by atoms with Gasteiger partial charge in [0.15, 0.2) is 0 Å². The first-order valence-corrected chi connectivity index (χ1v) is 6.00. The zero-order valence-corrected chi connectivity index (χ0v) is 10.6. The molecule has 1 heterocycles. The number of fused-ring (bicyclic) bond motifs is 1. The van der Waals surface area contributed by atoms with Gasteiger partial charge >= 0.3 is 0 Å². The number of rotatable bonds is 2. The quantitative estimate of drug-likeness (QED) is 0.742. The van der Waals surface area contributed by atoms with Crippen LogP contribution in [0.3, 0.4) is 0 Å². The Morgan fingerprint density at radius 2 is 2.18 bits per heavy atom. The summed E-state index contributed by atoms with van der Waals surface area (Å²) < 4.78 is 0. The number of aromatic nitrogens is 1. The molecule has 0 bridgehead atoms. The number of nitriles is 1. The van der Waals surface area contributed by atoms with Gasteiger partial charge in [-0.2, -0.15) is 5.26 Å². The first-order valence-electron chi connectivity index (χ1n) is 5.62. The molecule has 86 valence electrons. The van der Waals surface area contributed by atoms with Crippen molar-refractivity contribution in [2.24, 2.45) is 0 Å². The van der Waals surface area contributed by atoms with Crippen LogP contribution in [0, 0.1) is 18.3 Å². The van der Waals surface area contributed by atoms with Gasteiger partial charge in [-0.3, -0.25) is 0 Å². The highest BCUT2D eigenvalue weighted by Crippen LogP contribution is 2.25. The maximum Gasteiger partial charge on any atom is 0.132 e. The summed E-state index contributed by atoms with van der Waals surface area (Å²) >= 11 is 5.98. The number of nitrogens with zero attached hydrogens (tertiary/aromatic N) is 2. The van der Waals surface area contributed by atoms with Crippen LogP contribution in [0.4, 0.5) is 0 Å². The Morgan fingerprint density at radius 3 is 2.82 bits per heavy atom. The zero-order chi connectivity index (χ0) is 12.4. The second-order valence-corrected chi connectivity index (χ2v) is 4.50. The normalized spacial score (nSPS) is 12.4. The van der Waals surface area contributed by atoms with E-state index < -0.39 is 0 Å². The summed E-state index contributed by atoms with van der Waals surface area (Å²) in [5, 5.41) is 10.6. The highest BCUT2D eigenvalue weighted by Gasteiger charge is 2.09. The minimum atomic E-state index is -0.0459. The largest absolute Gasteiger partial charge is 0.236 e. The standard InChI is InChI=1S/C14H13ClN2/c1-3-10(8-16)11-4-5-13-12(7-11)6-9(2)14(15)17-13/h4-7,10H,3H2,1-2H3. The maximum absolute atomic E-state index is 9.06. The average molecular weight is 245 g/mol. The molecule has 1 atom stereocenters. The molecule has 0 fully saturated rings. The number of pyridine rings is 1. The zero-order valence-electron chi connectivity index (χ0n) is 9.87. The van der Waals surface area contributed by atoms with Crippen LogP contribution in [0.1, 0.15) is 30.4 Å². The van der Waals surface area contributed by atoms with E-state index in [1.807, 2.05) is 38.1 Å². The topological polar surface area (TPSA) is 36.7 Å². The van der Waals surface area contributed by atoms with Gasteiger partial charge in [-0.1, -0.05) is 24.6 Å². The molecule has 0 saturated carbocycles. The second kappa shape index (κ2) is 4.73. The SMILES string of the molecule is CCC(C#N)c1ccc2nc(Cl)c(C)cc2c1. The highest BCUT2D eigenvalue weighted by molar-refractivity contribution is 6.30. The fraction of sp³-hybridized carbons (Fsp3) is 0.286. The first kappa shape index (κ1) is 11.9. The molecule has 2 rings (SSSR count). The van der Waals surface area contributed by atoms with Gasteiger partial charge < -0.3 is 0 Å². The Morgan fingerprint density at radius 1 is 1.41 bits per heavy atom. The summed E-state index contributed by atoms with van der Waals surface area (Å²) in [4.78, 5) is 4.31. The van der Waals surface area contributed by atoms with E-state index in [4.69, 9.17) is 16.9 Å². The minimum Gasteiger partial charge on any atom is -0.236 e. The van der Waals surface area contributed by atoms with Crippen molar-refractivity contribution < 1.29 is 0 Å². The van der Waals surface area contributed by atoms with E-state index in [-0.39, 0.29) is 5.92 Å². The fourth-order valence-electron chi connectivity index (χ4n) is 1.90. The van der Waals surface area contributed by atoms with Crippen molar-refractivity contribution in [2.75, 3.05) is 0 Å². The predicted molar refractivity (Wildman–Crippen MR) is 70.1 cm³/mol. The van der Waals surface area contributed by atoms with Gasteiger partial charge in [0, 0.05) is 5.39 Å². The monoisotopic (exact) mass is 244 g/mol. The lowest BCUT2D eigenvalue weighted by Gasteiger charge is -2.08. The second-order valence-electron chi connectivity index (χ2n) is 4.14. The number of aryl methyl sites for hydroxylation is 1. The summed E-state index contributed by atoms with van der Waals surface area (Å²) in [7, 11) is 0. The first-order chi connectivity index (χ1) is 8.15. The molecule has 0 aliphatic rings. The van der Waals surface area contributed by atoms with Crippen molar-refractivity contribution in [3.63, 3.8) is 0 Å². The van der Waals surface area contributed by atoms with Crippen LogP contribution in [0.15, 0.2) is 24.3 Å². The molecule has 0 radical (unpaired) electrons. The lowest BCUT2D eigenvalue weighted by Crippen LogP contribution is -1.94. The van der Waals surface area contributed by atoms with E-state index >= 15 is 0 Å². The molecule has 0 N–H and O–H groups in total.